The third kappa shape index (κ3) is 3.96. The number of H-pyrrole nitrogens is 1. The van der Waals surface area contributed by atoms with Crippen molar-refractivity contribution in [2.45, 2.75) is 32.6 Å². The third-order valence-electron chi connectivity index (χ3n) is 3.43. The third-order valence-corrected chi connectivity index (χ3v) is 3.43. The van der Waals surface area contributed by atoms with Crippen molar-refractivity contribution in [1.82, 2.24) is 14.9 Å². The Hall–Kier alpha value is -1.55. The summed E-state index contributed by atoms with van der Waals surface area (Å²) >= 11 is 0. The first-order chi connectivity index (χ1) is 9.19. The second-order valence-electron chi connectivity index (χ2n) is 5.23. The summed E-state index contributed by atoms with van der Waals surface area (Å²) in [5.41, 5.74) is 9.00. The van der Waals surface area contributed by atoms with E-state index < -0.39 is 0 Å². The van der Waals surface area contributed by atoms with Crippen LogP contribution in [-0.2, 0) is 6.42 Å². The van der Waals surface area contributed by atoms with Crippen molar-refractivity contribution in [2.24, 2.45) is 0 Å². The second-order valence-corrected chi connectivity index (χ2v) is 5.23. The van der Waals surface area contributed by atoms with E-state index in [2.05, 4.69) is 41.0 Å². The zero-order chi connectivity index (χ0) is 13.7. The van der Waals surface area contributed by atoms with Crippen molar-refractivity contribution in [3.05, 3.63) is 23.8 Å². The van der Waals surface area contributed by atoms with Gasteiger partial charge in [-0.2, -0.15) is 0 Å². The van der Waals surface area contributed by atoms with Gasteiger partial charge >= 0.3 is 0 Å². The van der Waals surface area contributed by atoms with Crippen LogP contribution in [0, 0.1) is 0 Å². The normalized spacial score (nSPS) is 11.5. The number of aryl methyl sites for hydroxylation is 1. The Morgan fingerprint density at radius 2 is 2.11 bits per heavy atom. The number of aromatic nitrogens is 2. The van der Waals surface area contributed by atoms with Gasteiger partial charge in [-0.3, -0.25) is 0 Å². The van der Waals surface area contributed by atoms with Gasteiger partial charge in [0, 0.05) is 0 Å². The second kappa shape index (κ2) is 6.57. The van der Waals surface area contributed by atoms with Crippen molar-refractivity contribution in [2.75, 3.05) is 25.9 Å². The SMILES string of the molecule is CCCN(C)CCCCc1ccc2nc(N)[nH]c2c1. The van der Waals surface area contributed by atoms with E-state index in [1.54, 1.807) is 0 Å². The Balaban J connectivity index is 1.81. The number of imidazole rings is 1. The number of nitrogens with two attached hydrogens (primary N) is 1. The van der Waals surface area contributed by atoms with Gasteiger partial charge in [-0.05, 0) is 63.5 Å². The molecule has 0 unspecified atom stereocenters. The first-order valence-electron chi connectivity index (χ1n) is 7.11. The molecule has 1 heterocycles. The molecule has 1 aromatic carbocycles. The fourth-order valence-electron chi connectivity index (χ4n) is 2.44. The highest BCUT2D eigenvalue weighted by Crippen LogP contribution is 2.16. The fourth-order valence-corrected chi connectivity index (χ4v) is 2.44. The Morgan fingerprint density at radius 3 is 2.89 bits per heavy atom. The number of nitrogens with one attached hydrogen (secondary N) is 1. The van der Waals surface area contributed by atoms with E-state index >= 15 is 0 Å². The summed E-state index contributed by atoms with van der Waals surface area (Å²) in [5.74, 6) is 0.494. The Kier molecular flexibility index (Phi) is 4.80. The molecule has 0 aliphatic carbocycles. The first-order valence-corrected chi connectivity index (χ1v) is 7.11. The van der Waals surface area contributed by atoms with E-state index in [0.717, 1.165) is 17.5 Å². The summed E-state index contributed by atoms with van der Waals surface area (Å²) in [6.07, 6.45) is 4.83. The summed E-state index contributed by atoms with van der Waals surface area (Å²) < 4.78 is 0. The van der Waals surface area contributed by atoms with E-state index in [1.165, 1.54) is 37.9 Å². The Morgan fingerprint density at radius 1 is 1.26 bits per heavy atom. The van der Waals surface area contributed by atoms with E-state index in [0.29, 0.717) is 5.95 Å². The molecule has 0 fully saturated rings. The van der Waals surface area contributed by atoms with Gasteiger partial charge in [-0.1, -0.05) is 13.0 Å². The molecule has 0 amide bonds. The molecule has 0 spiro atoms. The number of hydrogen-bond donors (Lipinski definition) is 2. The van der Waals surface area contributed by atoms with Gasteiger partial charge in [0.05, 0.1) is 11.0 Å². The summed E-state index contributed by atoms with van der Waals surface area (Å²) in [5, 5.41) is 0. The van der Waals surface area contributed by atoms with Crippen LogP contribution in [0.2, 0.25) is 0 Å². The van der Waals surface area contributed by atoms with Gasteiger partial charge in [0.2, 0.25) is 0 Å². The molecule has 0 bridgehead atoms. The number of nitrogens with zero attached hydrogens (tertiary/aromatic N) is 2. The minimum Gasteiger partial charge on any atom is -0.369 e. The van der Waals surface area contributed by atoms with E-state index in [4.69, 9.17) is 5.73 Å². The average molecular weight is 260 g/mol. The van der Waals surface area contributed by atoms with Gasteiger partial charge in [-0.15, -0.1) is 0 Å². The van der Waals surface area contributed by atoms with Gasteiger partial charge in [0.1, 0.15) is 0 Å². The molecule has 4 heteroatoms. The number of rotatable bonds is 7. The molecular weight excluding hydrogens is 236 g/mol. The molecule has 2 aromatic rings. The lowest BCUT2D eigenvalue weighted by Gasteiger charge is -2.14. The average Bonchev–Trinajstić information content (AvgIpc) is 2.74. The Bertz CT molecular complexity index is 518. The van der Waals surface area contributed by atoms with Crippen molar-refractivity contribution in [3.63, 3.8) is 0 Å². The quantitative estimate of drug-likeness (QED) is 0.753. The maximum Gasteiger partial charge on any atom is 0.198 e. The standard InChI is InChI=1S/C15H24N4/c1-3-9-19(2)10-5-4-6-12-7-8-13-14(11-12)18-15(16)17-13/h7-8,11H,3-6,9-10H2,1-2H3,(H3,16,17,18). The molecule has 0 saturated carbocycles. The van der Waals surface area contributed by atoms with Crippen LogP contribution in [0.4, 0.5) is 5.95 Å². The van der Waals surface area contributed by atoms with Crippen LogP contribution in [0.3, 0.4) is 0 Å². The zero-order valence-corrected chi connectivity index (χ0v) is 11.9. The lowest BCUT2D eigenvalue weighted by Crippen LogP contribution is -2.20. The first kappa shape index (κ1) is 13.9. The van der Waals surface area contributed by atoms with E-state index in [1.807, 2.05) is 6.07 Å². The smallest absolute Gasteiger partial charge is 0.198 e. The lowest BCUT2D eigenvalue weighted by molar-refractivity contribution is 0.326. The molecule has 0 aliphatic heterocycles. The van der Waals surface area contributed by atoms with Crippen LogP contribution in [0.15, 0.2) is 18.2 Å². The lowest BCUT2D eigenvalue weighted by atomic mass is 10.1. The number of fused-ring (bicyclic) bond motifs is 1. The minimum absolute atomic E-state index is 0.494. The number of anilines is 1. The summed E-state index contributed by atoms with van der Waals surface area (Å²) in [4.78, 5) is 9.69. The fraction of sp³-hybridized carbons (Fsp3) is 0.533. The highest BCUT2D eigenvalue weighted by Gasteiger charge is 2.02. The highest BCUT2D eigenvalue weighted by atomic mass is 15.1. The molecule has 0 radical (unpaired) electrons. The molecule has 4 nitrogen and oxygen atoms in total. The van der Waals surface area contributed by atoms with Crippen molar-refractivity contribution in [1.29, 1.82) is 0 Å². The van der Waals surface area contributed by atoms with Crippen molar-refractivity contribution >= 4 is 17.0 Å². The molecule has 3 N–H and O–H groups in total. The molecule has 2 rings (SSSR count). The number of benzene rings is 1. The molecule has 0 atom stereocenters. The van der Waals surface area contributed by atoms with Gasteiger partial charge in [0.25, 0.3) is 0 Å². The van der Waals surface area contributed by atoms with Gasteiger partial charge < -0.3 is 15.6 Å². The molecule has 0 saturated heterocycles. The molecule has 19 heavy (non-hydrogen) atoms. The number of unbranched alkanes of at least 4 members (excludes halogenated alkanes) is 1. The van der Waals surface area contributed by atoms with Crippen LogP contribution in [0.25, 0.3) is 11.0 Å². The summed E-state index contributed by atoms with van der Waals surface area (Å²) in [7, 11) is 2.20. The number of hydrogen-bond acceptors (Lipinski definition) is 3. The number of aromatic amines is 1. The van der Waals surface area contributed by atoms with Crippen LogP contribution in [-0.4, -0.2) is 35.0 Å². The Labute approximate surface area is 115 Å². The summed E-state index contributed by atoms with van der Waals surface area (Å²) in [6.45, 7) is 4.61. The molecule has 104 valence electrons. The predicted molar refractivity (Wildman–Crippen MR) is 81.2 cm³/mol. The van der Waals surface area contributed by atoms with Crippen LogP contribution < -0.4 is 5.73 Å². The molecular formula is C15H24N4. The summed E-state index contributed by atoms with van der Waals surface area (Å²) in [6, 6.07) is 6.35. The zero-order valence-electron chi connectivity index (χ0n) is 11.9. The maximum atomic E-state index is 5.65. The largest absolute Gasteiger partial charge is 0.369 e. The van der Waals surface area contributed by atoms with Gasteiger partial charge in [0.15, 0.2) is 5.95 Å². The topological polar surface area (TPSA) is 57.9 Å². The predicted octanol–water partition coefficient (Wildman–Crippen LogP) is 2.81. The molecule has 0 aliphatic rings. The van der Waals surface area contributed by atoms with Crippen LogP contribution in [0.5, 0.6) is 0 Å². The van der Waals surface area contributed by atoms with Crippen molar-refractivity contribution in [3.8, 4) is 0 Å². The monoisotopic (exact) mass is 260 g/mol. The van der Waals surface area contributed by atoms with Crippen LogP contribution >= 0.6 is 0 Å². The van der Waals surface area contributed by atoms with Crippen molar-refractivity contribution < 1.29 is 0 Å². The van der Waals surface area contributed by atoms with E-state index in [9.17, 15) is 0 Å². The number of nitrogen functional groups attached to an aromatic ring is 1. The van der Waals surface area contributed by atoms with E-state index in [-0.39, 0.29) is 0 Å². The van der Waals surface area contributed by atoms with Gasteiger partial charge in [-0.25, -0.2) is 4.98 Å². The van der Waals surface area contributed by atoms with Crippen LogP contribution in [0.1, 0.15) is 31.7 Å². The minimum atomic E-state index is 0.494. The molecule has 1 aromatic heterocycles. The maximum absolute atomic E-state index is 5.65. The highest BCUT2D eigenvalue weighted by molar-refractivity contribution is 5.77.